The molecule has 0 radical (unpaired) electrons. The Morgan fingerprint density at radius 1 is 1.15 bits per heavy atom. The average molecular weight is 467 g/mol. The summed E-state index contributed by atoms with van der Waals surface area (Å²) in [6, 6.07) is 7.04. The molecule has 1 saturated heterocycles. The van der Waals surface area contributed by atoms with Gasteiger partial charge >= 0.3 is 0 Å². The quantitative estimate of drug-likeness (QED) is 0.235. The average Bonchev–Trinajstić information content (AvgIpc) is 3.27. The number of nitrogens with one attached hydrogen (secondary N) is 3. The molecule has 1 aliphatic heterocycles. The Balaban J connectivity index is 0.00000137. The van der Waals surface area contributed by atoms with Gasteiger partial charge in [0.1, 0.15) is 0 Å². The second-order valence-electron chi connectivity index (χ2n) is 8.89. The summed E-state index contributed by atoms with van der Waals surface area (Å²) in [7, 11) is 1.50. The van der Waals surface area contributed by atoms with Crippen molar-refractivity contribution in [3.63, 3.8) is 0 Å². The molecule has 0 unspecified atom stereocenters. The lowest BCUT2D eigenvalue weighted by atomic mass is 9.88. The number of aromatic nitrogens is 1. The minimum Gasteiger partial charge on any atom is -0.354 e. The number of H-pyrrole nitrogens is 1. The molecule has 3 rings (SSSR count). The van der Waals surface area contributed by atoms with E-state index >= 15 is 0 Å². The van der Waals surface area contributed by atoms with Crippen LogP contribution in [0.4, 0.5) is 0 Å². The van der Waals surface area contributed by atoms with Gasteiger partial charge in [0, 0.05) is 22.3 Å². The van der Waals surface area contributed by atoms with Gasteiger partial charge in [-0.3, -0.25) is 0 Å². The molecule has 2 aromatic rings. The molecule has 1 aromatic heterocycles. The Labute approximate surface area is 209 Å². The normalized spacial score (nSPS) is 15.0. The highest BCUT2D eigenvalue weighted by Crippen LogP contribution is 2.37. The molecule has 4 nitrogen and oxygen atoms in total. The Hall–Kier alpha value is -2.17. The van der Waals surface area contributed by atoms with E-state index in [2.05, 4.69) is 81.0 Å². The Kier molecular flexibility index (Phi) is 13.8. The number of piperidine rings is 1. The van der Waals surface area contributed by atoms with Gasteiger partial charge in [-0.15, -0.1) is 0 Å². The summed E-state index contributed by atoms with van der Waals surface area (Å²) < 4.78 is 0. The predicted molar refractivity (Wildman–Crippen MR) is 153 cm³/mol. The number of hydrogen-bond donors (Lipinski definition) is 4. The first-order valence-corrected chi connectivity index (χ1v) is 13.4. The molecule has 5 N–H and O–H groups in total. The van der Waals surface area contributed by atoms with Gasteiger partial charge in [0.25, 0.3) is 0 Å². The highest BCUT2D eigenvalue weighted by atomic mass is 14.9. The first-order valence-electron chi connectivity index (χ1n) is 13.4. The molecule has 0 aliphatic carbocycles. The summed E-state index contributed by atoms with van der Waals surface area (Å²) >= 11 is 0. The molecule has 1 aliphatic rings. The third-order valence-electron chi connectivity index (χ3n) is 6.44. The van der Waals surface area contributed by atoms with Crippen LogP contribution in [0.5, 0.6) is 0 Å². The van der Waals surface area contributed by atoms with E-state index in [1.165, 1.54) is 53.2 Å². The first kappa shape index (κ1) is 29.9. The van der Waals surface area contributed by atoms with Crippen molar-refractivity contribution in [2.24, 2.45) is 5.73 Å². The van der Waals surface area contributed by atoms with Crippen LogP contribution in [0.2, 0.25) is 0 Å². The van der Waals surface area contributed by atoms with Gasteiger partial charge in [-0.2, -0.15) is 0 Å². The Morgan fingerprint density at radius 3 is 2.32 bits per heavy atom. The second-order valence-corrected chi connectivity index (χ2v) is 8.89. The molecule has 2 heterocycles. The van der Waals surface area contributed by atoms with Crippen LogP contribution >= 0.6 is 0 Å². The van der Waals surface area contributed by atoms with Gasteiger partial charge in [0.15, 0.2) is 0 Å². The maximum Gasteiger partial charge on any atom is 0.0496 e. The second kappa shape index (κ2) is 15.7. The zero-order valence-electron chi connectivity index (χ0n) is 23.1. The molecule has 0 bridgehead atoms. The van der Waals surface area contributed by atoms with Crippen LogP contribution in [0.15, 0.2) is 35.9 Å². The fraction of sp³-hybridized carbons (Fsp3) is 0.567. The molecule has 0 amide bonds. The number of allylic oxidation sites excluding steroid dienone is 4. The van der Waals surface area contributed by atoms with Gasteiger partial charge in [-0.05, 0) is 105 Å². The Bertz CT molecular complexity index is 940. The standard InChI is InChI=1S/C27H39N3.C2H6.CH5N/c1-6-9-22(24(28)8-3)16-19(7-2)27-26(18(4)5)23-17-21(10-11-25(23)30-27)20-12-14-29-15-13-20;2*1-2/h7,10-11,16-18,20,28-30H,6,8-9,12-15H2,1-5H3;1-2H3;2H2,1H3/b19-7+,22-16-,28-24?;;. The lowest BCUT2D eigenvalue weighted by molar-refractivity contribution is 0.460. The number of aromatic amines is 1. The van der Waals surface area contributed by atoms with Crippen LogP contribution in [0.3, 0.4) is 0 Å². The number of hydrogen-bond acceptors (Lipinski definition) is 3. The van der Waals surface area contributed by atoms with Crippen molar-refractivity contribution >= 4 is 22.2 Å². The number of nitrogens with two attached hydrogens (primary N) is 1. The van der Waals surface area contributed by atoms with Crippen molar-refractivity contribution in [3.05, 3.63) is 52.7 Å². The molecule has 0 spiro atoms. The zero-order chi connectivity index (χ0) is 25.7. The van der Waals surface area contributed by atoms with Gasteiger partial charge in [0.05, 0.1) is 0 Å². The molecule has 34 heavy (non-hydrogen) atoms. The fourth-order valence-electron chi connectivity index (χ4n) is 4.76. The van der Waals surface area contributed by atoms with E-state index in [4.69, 9.17) is 5.41 Å². The number of fused-ring (bicyclic) bond motifs is 1. The van der Waals surface area contributed by atoms with Gasteiger partial charge in [0.2, 0.25) is 0 Å². The SMILES string of the molecule is C/C=C(\C=C(\CCC)C(=N)CC)c1[nH]c2ccc(C3CCNCC3)cc2c1C(C)C.CC.CN. The lowest BCUT2D eigenvalue weighted by Crippen LogP contribution is -2.26. The van der Waals surface area contributed by atoms with E-state index in [0.717, 1.165) is 43.6 Å². The summed E-state index contributed by atoms with van der Waals surface area (Å²) in [5.41, 5.74) is 13.0. The highest BCUT2D eigenvalue weighted by Gasteiger charge is 2.20. The molecule has 0 saturated carbocycles. The topological polar surface area (TPSA) is 77.7 Å². The van der Waals surface area contributed by atoms with Crippen LogP contribution < -0.4 is 11.1 Å². The van der Waals surface area contributed by atoms with Crippen LogP contribution in [0, 0.1) is 5.41 Å². The summed E-state index contributed by atoms with van der Waals surface area (Å²) in [5.74, 6) is 1.09. The third-order valence-corrected chi connectivity index (χ3v) is 6.44. The van der Waals surface area contributed by atoms with E-state index in [-0.39, 0.29) is 0 Å². The predicted octanol–water partition coefficient (Wildman–Crippen LogP) is 7.92. The van der Waals surface area contributed by atoms with Crippen molar-refractivity contribution in [2.75, 3.05) is 20.1 Å². The minimum absolute atomic E-state index is 0.431. The largest absolute Gasteiger partial charge is 0.354 e. The smallest absolute Gasteiger partial charge is 0.0496 e. The molecule has 4 heteroatoms. The summed E-state index contributed by atoms with van der Waals surface area (Å²) in [6.07, 6.45) is 9.70. The molecule has 1 fully saturated rings. The first-order chi connectivity index (χ1) is 16.5. The van der Waals surface area contributed by atoms with E-state index < -0.39 is 0 Å². The number of benzene rings is 1. The van der Waals surface area contributed by atoms with E-state index in [0.29, 0.717) is 11.8 Å². The van der Waals surface area contributed by atoms with Crippen molar-refractivity contribution in [3.8, 4) is 0 Å². The fourth-order valence-corrected chi connectivity index (χ4v) is 4.76. The van der Waals surface area contributed by atoms with E-state index in [9.17, 15) is 0 Å². The van der Waals surface area contributed by atoms with E-state index in [1.807, 2.05) is 13.8 Å². The molecule has 0 atom stereocenters. The summed E-state index contributed by atoms with van der Waals surface area (Å²) in [4.78, 5) is 3.74. The monoisotopic (exact) mass is 466 g/mol. The van der Waals surface area contributed by atoms with Crippen LogP contribution in [0.1, 0.15) is 109 Å². The summed E-state index contributed by atoms with van der Waals surface area (Å²) in [6.45, 7) is 17.2. The van der Waals surface area contributed by atoms with Crippen LogP contribution in [-0.2, 0) is 0 Å². The Morgan fingerprint density at radius 2 is 1.79 bits per heavy atom. The lowest BCUT2D eigenvalue weighted by Gasteiger charge is -2.23. The van der Waals surface area contributed by atoms with Crippen LogP contribution in [0.25, 0.3) is 16.5 Å². The molecular weight excluding hydrogens is 416 g/mol. The van der Waals surface area contributed by atoms with Gasteiger partial charge in [-0.25, -0.2) is 0 Å². The highest BCUT2D eigenvalue weighted by molar-refractivity contribution is 6.01. The van der Waals surface area contributed by atoms with Gasteiger partial charge in [-0.1, -0.05) is 60.1 Å². The number of rotatable bonds is 8. The zero-order valence-corrected chi connectivity index (χ0v) is 23.1. The van der Waals surface area contributed by atoms with Crippen molar-refractivity contribution in [1.29, 1.82) is 5.41 Å². The maximum atomic E-state index is 8.41. The van der Waals surface area contributed by atoms with Crippen molar-refractivity contribution in [1.82, 2.24) is 10.3 Å². The van der Waals surface area contributed by atoms with Crippen molar-refractivity contribution < 1.29 is 0 Å². The van der Waals surface area contributed by atoms with E-state index in [1.54, 1.807) is 0 Å². The van der Waals surface area contributed by atoms with Gasteiger partial charge < -0.3 is 21.4 Å². The van der Waals surface area contributed by atoms with Crippen molar-refractivity contribution in [2.45, 2.75) is 92.4 Å². The summed E-state index contributed by atoms with van der Waals surface area (Å²) in [5, 5.41) is 13.3. The molecule has 190 valence electrons. The maximum absolute atomic E-state index is 8.41. The minimum atomic E-state index is 0.431. The molecular formula is C30H50N4. The molecule has 1 aromatic carbocycles. The third kappa shape index (κ3) is 7.41. The van der Waals surface area contributed by atoms with Crippen LogP contribution in [-0.4, -0.2) is 30.8 Å².